The van der Waals surface area contributed by atoms with Gasteiger partial charge < -0.3 is 24.5 Å². The van der Waals surface area contributed by atoms with Gasteiger partial charge in [-0.25, -0.2) is 14.8 Å². The van der Waals surface area contributed by atoms with Crippen LogP contribution in [0.5, 0.6) is 5.75 Å². The molecule has 72 heavy (non-hydrogen) atoms. The number of fused-ring (bicyclic) bond motifs is 3. The average Bonchev–Trinajstić information content (AvgIpc) is 3.96. The lowest BCUT2D eigenvalue weighted by Crippen LogP contribution is -2.49. The molecule has 1 atom stereocenters. The lowest BCUT2D eigenvalue weighted by Gasteiger charge is -2.37. The second kappa shape index (κ2) is 19.5. The van der Waals surface area contributed by atoms with Crippen LogP contribution in [0.2, 0.25) is 0 Å². The molecule has 368 valence electrons. The number of aryl methyl sites for hydroxylation is 1. The highest BCUT2D eigenvalue weighted by molar-refractivity contribution is 7.22. The number of thiazole rings is 1. The molecule has 0 bridgehead atoms. The number of nitrogens with zero attached hydrogens (tertiary/aromatic N) is 7. The first kappa shape index (κ1) is 46.7. The average molecular weight is 986 g/mol. The number of benzene rings is 4. The number of aromatic nitrogens is 4. The normalized spacial score (nSPS) is 19.3. The van der Waals surface area contributed by atoms with Gasteiger partial charge >= 0.3 is 5.97 Å². The third-order valence-corrected chi connectivity index (χ3v) is 15.9. The Balaban J connectivity index is 0.698. The quantitative estimate of drug-likeness (QED) is 0.105. The number of carbonyl (C=O) groups excluding carboxylic acids is 4. The Labute approximate surface area is 420 Å². The van der Waals surface area contributed by atoms with Gasteiger partial charge in [0.1, 0.15) is 11.6 Å². The number of para-hydroxylation sites is 2. The number of ether oxygens (including phenoxy) is 1. The zero-order chi connectivity index (χ0) is 49.6. The molecule has 1 unspecified atom stereocenters. The Morgan fingerprint density at radius 3 is 2.40 bits per heavy atom. The summed E-state index contributed by atoms with van der Waals surface area (Å²) in [6.45, 7) is 5.55. The second-order valence-corrected chi connectivity index (χ2v) is 20.4. The molecule has 3 N–H and O–H groups in total. The van der Waals surface area contributed by atoms with Crippen LogP contribution in [0.1, 0.15) is 94.1 Å². The van der Waals surface area contributed by atoms with Crippen LogP contribution in [0.4, 0.5) is 16.6 Å². The van der Waals surface area contributed by atoms with Crippen molar-refractivity contribution in [2.45, 2.75) is 76.9 Å². The van der Waals surface area contributed by atoms with Crippen molar-refractivity contribution in [3.8, 4) is 16.9 Å². The first-order valence-electron chi connectivity index (χ1n) is 24.8. The molecule has 3 aromatic heterocycles. The molecule has 11 rings (SSSR count). The summed E-state index contributed by atoms with van der Waals surface area (Å²) in [4.78, 5) is 80.4. The van der Waals surface area contributed by atoms with Crippen LogP contribution in [0.25, 0.3) is 32.2 Å². The van der Waals surface area contributed by atoms with E-state index in [2.05, 4.69) is 26.6 Å². The molecule has 4 aromatic carbocycles. The predicted molar refractivity (Wildman–Crippen MR) is 276 cm³/mol. The maximum Gasteiger partial charge on any atom is 0.355 e. The summed E-state index contributed by atoms with van der Waals surface area (Å²) in [7, 11) is 1.89. The molecule has 6 heterocycles. The number of nitrogens with one attached hydrogen (secondary N) is 2. The molecule has 7 aromatic rings. The highest BCUT2D eigenvalue weighted by Crippen LogP contribution is 2.39. The Hall–Kier alpha value is -7.66. The Kier molecular flexibility index (Phi) is 12.7. The van der Waals surface area contributed by atoms with Gasteiger partial charge in [0.15, 0.2) is 10.8 Å². The van der Waals surface area contributed by atoms with E-state index in [-0.39, 0.29) is 41.3 Å². The summed E-state index contributed by atoms with van der Waals surface area (Å²) in [5, 5.41) is 22.2. The molecule has 3 aliphatic heterocycles. The number of hydrogen-bond donors (Lipinski definition) is 3. The molecule has 17 heteroatoms. The minimum atomic E-state index is -1.13. The number of piperazine rings is 1. The number of amides is 4. The van der Waals surface area contributed by atoms with Crippen LogP contribution in [-0.2, 0) is 34.4 Å². The fraction of sp³-hybridized carbons (Fsp3) is 0.345. The predicted octanol–water partition coefficient (Wildman–Crippen LogP) is 8.26. The number of aromatic carboxylic acids is 1. The third-order valence-electron chi connectivity index (χ3n) is 15.0. The smallest absolute Gasteiger partial charge is 0.355 e. The first-order valence-corrected chi connectivity index (χ1v) is 25.6. The van der Waals surface area contributed by atoms with E-state index in [0.29, 0.717) is 98.5 Å². The van der Waals surface area contributed by atoms with Crippen molar-refractivity contribution in [2.75, 3.05) is 47.8 Å². The minimum absolute atomic E-state index is 0.0336. The number of piperidine rings is 1. The number of pyridine rings is 1. The topological polar surface area (TPSA) is 192 Å². The standard InChI is InChI=1S/C55H55N9O7S/c1-32-36(37-20-22-46(57-50(37)54(69)70)64-25-24-34-8-5-10-38(41(34)31-64)52(67)59-55-56-42-12-3-4-15-45(42)72-55)9-7-14-44(32)71-35-18-16-33(17-19-35)30-48(66)63-28-26-62(27-29-63)43-13-6-11-39-49(60-61(2)51(39)43)40-21-23-47(65)58-53(40)68/h3-15,20,22,33,35,40H,16-19,21,23-31H2,1-2H3,(H,69,70)(H,56,59,67)(H,58,65,68)/t33-,35-,40?. The van der Waals surface area contributed by atoms with Gasteiger partial charge in [-0.1, -0.05) is 59.9 Å². The van der Waals surface area contributed by atoms with Gasteiger partial charge in [-0.2, -0.15) is 5.10 Å². The summed E-state index contributed by atoms with van der Waals surface area (Å²) < 4.78 is 9.46. The molecule has 2 saturated heterocycles. The maximum absolute atomic E-state index is 13.7. The van der Waals surface area contributed by atoms with E-state index in [4.69, 9.17) is 14.8 Å². The maximum atomic E-state index is 13.7. The number of carboxylic acid groups (broad SMARTS) is 1. The van der Waals surface area contributed by atoms with Crippen molar-refractivity contribution in [3.05, 3.63) is 125 Å². The number of imide groups is 1. The monoisotopic (exact) mass is 985 g/mol. The van der Waals surface area contributed by atoms with E-state index in [1.165, 1.54) is 11.3 Å². The van der Waals surface area contributed by atoms with Gasteiger partial charge in [-0.15, -0.1) is 0 Å². The fourth-order valence-corrected chi connectivity index (χ4v) is 12.0. The van der Waals surface area contributed by atoms with Gasteiger partial charge in [-0.05, 0) is 116 Å². The molecule has 0 spiro atoms. The van der Waals surface area contributed by atoms with Crippen LogP contribution in [0.15, 0.2) is 91.0 Å². The number of hydrogen-bond acceptors (Lipinski definition) is 12. The van der Waals surface area contributed by atoms with Gasteiger partial charge in [0.2, 0.25) is 17.7 Å². The van der Waals surface area contributed by atoms with Crippen molar-refractivity contribution >= 4 is 78.7 Å². The lowest BCUT2D eigenvalue weighted by atomic mass is 9.85. The third kappa shape index (κ3) is 9.12. The van der Waals surface area contributed by atoms with Crippen LogP contribution < -0.4 is 25.2 Å². The highest BCUT2D eigenvalue weighted by atomic mass is 32.1. The van der Waals surface area contributed by atoms with Crippen LogP contribution in [0.3, 0.4) is 0 Å². The van der Waals surface area contributed by atoms with Crippen molar-refractivity contribution in [1.82, 2.24) is 30.0 Å². The summed E-state index contributed by atoms with van der Waals surface area (Å²) in [5.74, 6) is -0.743. The number of rotatable bonds is 11. The second-order valence-electron chi connectivity index (χ2n) is 19.4. The van der Waals surface area contributed by atoms with Crippen LogP contribution in [-0.4, -0.2) is 98.2 Å². The largest absolute Gasteiger partial charge is 0.490 e. The molecule has 4 aliphatic rings. The van der Waals surface area contributed by atoms with E-state index in [9.17, 15) is 29.1 Å². The summed E-state index contributed by atoms with van der Waals surface area (Å²) in [5.41, 5.74) is 7.98. The number of anilines is 3. The van der Waals surface area contributed by atoms with Crippen LogP contribution >= 0.6 is 11.3 Å². The molecule has 1 aliphatic carbocycles. The fourth-order valence-electron chi connectivity index (χ4n) is 11.1. The first-order chi connectivity index (χ1) is 34.9. The Bertz CT molecular complexity index is 3260. The van der Waals surface area contributed by atoms with E-state index in [1.807, 2.05) is 113 Å². The minimum Gasteiger partial charge on any atom is -0.490 e. The van der Waals surface area contributed by atoms with Crippen molar-refractivity contribution < 1.29 is 33.8 Å². The Morgan fingerprint density at radius 2 is 1.61 bits per heavy atom. The summed E-state index contributed by atoms with van der Waals surface area (Å²) in [6.07, 6.45) is 5.23. The van der Waals surface area contributed by atoms with Gasteiger partial charge in [0, 0.05) is 75.7 Å². The number of carbonyl (C=O) groups is 5. The summed E-state index contributed by atoms with van der Waals surface area (Å²) in [6, 6.07) is 28.9. The van der Waals surface area contributed by atoms with Crippen molar-refractivity contribution in [1.29, 1.82) is 0 Å². The molecular formula is C55H55N9O7S. The molecule has 0 radical (unpaired) electrons. The molecular weight excluding hydrogens is 931 g/mol. The van der Waals surface area contributed by atoms with E-state index in [0.717, 1.165) is 74.7 Å². The van der Waals surface area contributed by atoms with E-state index < -0.39 is 11.9 Å². The Morgan fingerprint density at radius 1 is 0.819 bits per heavy atom. The van der Waals surface area contributed by atoms with Gasteiger partial charge in [0.25, 0.3) is 5.91 Å². The lowest BCUT2D eigenvalue weighted by molar-refractivity contribution is -0.134. The van der Waals surface area contributed by atoms with E-state index in [1.54, 1.807) is 0 Å². The highest BCUT2D eigenvalue weighted by Gasteiger charge is 2.34. The van der Waals surface area contributed by atoms with Gasteiger partial charge in [0.05, 0.1) is 39.1 Å². The van der Waals surface area contributed by atoms with Crippen molar-refractivity contribution in [2.24, 2.45) is 13.0 Å². The van der Waals surface area contributed by atoms with Crippen molar-refractivity contribution in [3.63, 3.8) is 0 Å². The molecule has 4 amide bonds. The molecule has 16 nitrogen and oxygen atoms in total. The van der Waals surface area contributed by atoms with Crippen LogP contribution in [0, 0.1) is 12.8 Å². The zero-order valence-corrected chi connectivity index (χ0v) is 41.0. The zero-order valence-electron chi connectivity index (χ0n) is 40.2. The summed E-state index contributed by atoms with van der Waals surface area (Å²) >= 11 is 1.43. The van der Waals surface area contributed by atoms with Gasteiger partial charge in [-0.3, -0.25) is 34.5 Å². The molecule has 3 fully saturated rings. The SMILES string of the molecule is Cc1c(O[C@H]2CC[C@H](CC(=O)N3CCN(c4cccc5c(C6CCC(=O)NC6=O)nn(C)c45)CC3)CC2)cccc1-c1ccc(N2CCc3cccc(C(=O)Nc4nc5ccccc5s4)c3C2)nc1C(=O)O. The van der Waals surface area contributed by atoms with E-state index >= 15 is 0 Å². The number of carboxylic acids is 1. The molecule has 1 saturated carbocycles.